The standard InChI is InChI=1S/C51H30N4S/c52-31-32-21-23-33(24-22-32)36-25-27-39-40-28-26-37(30-45(40)51(44(39)29-36)42-17-6-8-19-46(42)56-47-20-9-7-18-43(47)51)49-53-48(35-12-2-1-3-13-35)54-50(55-49)41-16-10-14-34-11-4-5-15-38(34)41/h1-30H. The first-order valence-electron chi connectivity index (χ1n) is 18.7. The minimum absolute atomic E-state index is 0.602. The van der Waals surface area contributed by atoms with Crippen LogP contribution in [0, 0.1) is 11.3 Å². The normalized spacial score (nSPS) is 13.1. The highest BCUT2D eigenvalue weighted by molar-refractivity contribution is 7.99. The Morgan fingerprint density at radius 3 is 1.68 bits per heavy atom. The molecule has 0 fully saturated rings. The van der Waals surface area contributed by atoms with Crippen LogP contribution in [0.5, 0.6) is 0 Å². The van der Waals surface area contributed by atoms with E-state index in [-0.39, 0.29) is 0 Å². The van der Waals surface area contributed by atoms with E-state index in [1.54, 1.807) is 0 Å². The lowest BCUT2D eigenvalue weighted by molar-refractivity contribution is 0.722. The summed E-state index contributed by atoms with van der Waals surface area (Å²) in [6.45, 7) is 0. The van der Waals surface area contributed by atoms with Crippen molar-refractivity contribution in [3.05, 3.63) is 210 Å². The molecule has 56 heavy (non-hydrogen) atoms. The van der Waals surface area contributed by atoms with Crippen molar-refractivity contribution in [1.82, 2.24) is 15.0 Å². The minimum Gasteiger partial charge on any atom is -0.208 e. The molecule has 260 valence electrons. The Morgan fingerprint density at radius 1 is 0.411 bits per heavy atom. The molecule has 0 atom stereocenters. The molecule has 0 N–H and O–H groups in total. The molecule has 4 nitrogen and oxygen atoms in total. The van der Waals surface area contributed by atoms with E-state index in [0.29, 0.717) is 23.0 Å². The van der Waals surface area contributed by atoms with Gasteiger partial charge in [-0.1, -0.05) is 157 Å². The summed E-state index contributed by atoms with van der Waals surface area (Å²) in [5.74, 6) is 1.90. The highest BCUT2D eigenvalue weighted by atomic mass is 32.2. The fourth-order valence-electron chi connectivity index (χ4n) is 8.72. The average molecular weight is 731 g/mol. The van der Waals surface area contributed by atoms with Crippen LogP contribution in [0.3, 0.4) is 0 Å². The van der Waals surface area contributed by atoms with Crippen molar-refractivity contribution in [2.45, 2.75) is 15.2 Å². The monoisotopic (exact) mass is 730 g/mol. The van der Waals surface area contributed by atoms with E-state index in [1.807, 2.05) is 54.2 Å². The van der Waals surface area contributed by atoms with Crippen LogP contribution in [0.4, 0.5) is 0 Å². The first-order valence-corrected chi connectivity index (χ1v) is 19.5. The fraction of sp³-hybridized carbons (Fsp3) is 0.0196. The maximum atomic E-state index is 9.51. The molecule has 0 unspecified atom stereocenters. The first-order chi connectivity index (χ1) is 27.7. The number of fused-ring (bicyclic) bond motifs is 10. The predicted octanol–water partition coefficient (Wildman–Crippen LogP) is 12.4. The fourth-order valence-corrected chi connectivity index (χ4v) is 9.91. The molecule has 5 heteroatoms. The Bertz CT molecular complexity index is 3020. The van der Waals surface area contributed by atoms with Crippen LogP contribution in [0.15, 0.2) is 192 Å². The third-order valence-corrected chi connectivity index (χ3v) is 12.4. The van der Waals surface area contributed by atoms with Crippen LogP contribution >= 0.6 is 11.8 Å². The smallest absolute Gasteiger partial charge is 0.164 e. The van der Waals surface area contributed by atoms with Crippen molar-refractivity contribution >= 4 is 22.5 Å². The lowest BCUT2D eigenvalue weighted by Gasteiger charge is -2.39. The highest BCUT2D eigenvalue weighted by Gasteiger charge is 2.50. The van der Waals surface area contributed by atoms with Gasteiger partial charge in [0, 0.05) is 26.5 Å². The van der Waals surface area contributed by atoms with Gasteiger partial charge in [0.25, 0.3) is 0 Å². The Balaban J connectivity index is 1.18. The Kier molecular flexibility index (Phi) is 7.35. The number of nitrogens with zero attached hydrogens (tertiary/aromatic N) is 4. The number of nitriles is 1. The number of aromatic nitrogens is 3. The van der Waals surface area contributed by atoms with E-state index in [4.69, 9.17) is 15.0 Å². The molecule has 2 heterocycles. The molecule has 1 aromatic heterocycles. The molecule has 0 saturated carbocycles. The minimum atomic E-state index is -0.602. The molecule has 2 aliphatic rings. The van der Waals surface area contributed by atoms with Crippen LogP contribution in [-0.4, -0.2) is 15.0 Å². The largest absolute Gasteiger partial charge is 0.208 e. The van der Waals surface area contributed by atoms with Crippen molar-refractivity contribution in [2.75, 3.05) is 0 Å². The summed E-state index contributed by atoms with van der Waals surface area (Å²) in [6.07, 6.45) is 0. The summed E-state index contributed by atoms with van der Waals surface area (Å²) >= 11 is 1.83. The van der Waals surface area contributed by atoms with Crippen molar-refractivity contribution < 1.29 is 0 Å². The van der Waals surface area contributed by atoms with E-state index >= 15 is 0 Å². The van der Waals surface area contributed by atoms with Gasteiger partial charge in [-0.25, -0.2) is 15.0 Å². The summed E-state index contributed by atoms with van der Waals surface area (Å²) < 4.78 is 0. The van der Waals surface area contributed by atoms with Crippen LogP contribution in [0.2, 0.25) is 0 Å². The zero-order valence-corrected chi connectivity index (χ0v) is 30.8. The Hall–Kier alpha value is -7.13. The second-order valence-corrected chi connectivity index (χ2v) is 15.3. The topological polar surface area (TPSA) is 62.5 Å². The van der Waals surface area contributed by atoms with Gasteiger partial charge in [-0.2, -0.15) is 5.26 Å². The van der Waals surface area contributed by atoms with Gasteiger partial charge in [-0.3, -0.25) is 0 Å². The van der Waals surface area contributed by atoms with E-state index in [1.165, 1.54) is 43.2 Å². The first kappa shape index (κ1) is 32.3. The molecule has 0 radical (unpaired) electrons. The maximum Gasteiger partial charge on any atom is 0.164 e. The zero-order chi connectivity index (χ0) is 37.2. The van der Waals surface area contributed by atoms with Gasteiger partial charge >= 0.3 is 0 Å². The second kappa shape index (κ2) is 12.7. The number of hydrogen-bond donors (Lipinski definition) is 0. The van der Waals surface area contributed by atoms with E-state index in [0.717, 1.165) is 38.6 Å². The molecule has 0 saturated heterocycles. The summed E-state index contributed by atoms with van der Waals surface area (Å²) in [6, 6.07) is 66.3. The van der Waals surface area contributed by atoms with Crippen LogP contribution in [-0.2, 0) is 5.41 Å². The van der Waals surface area contributed by atoms with Gasteiger partial charge in [0.05, 0.1) is 17.0 Å². The molecule has 1 aliphatic carbocycles. The number of rotatable bonds is 4. The van der Waals surface area contributed by atoms with Gasteiger partial charge in [0.15, 0.2) is 17.5 Å². The quantitative estimate of drug-likeness (QED) is 0.180. The zero-order valence-electron chi connectivity index (χ0n) is 30.0. The van der Waals surface area contributed by atoms with Crippen molar-refractivity contribution in [3.63, 3.8) is 0 Å². The molecule has 9 aromatic rings. The molecule has 0 amide bonds. The van der Waals surface area contributed by atoms with E-state index < -0.39 is 5.41 Å². The highest BCUT2D eigenvalue weighted by Crippen LogP contribution is 2.62. The van der Waals surface area contributed by atoms with Crippen molar-refractivity contribution in [3.8, 4) is 62.5 Å². The van der Waals surface area contributed by atoms with Gasteiger partial charge in [-0.05, 0) is 91.7 Å². The molecule has 1 spiro atoms. The van der Waals surface area contributed by atoms with Crippen LogP contribution in [0.25, 0.3) is 67.2 Å². The third kappa shape index (κ3) is 4.90. The molecule has 0 bridgehead atoms. The van der Waals surface area contributed by atoms with Crippen LogP contribution < -0.4 is 0 Å². The maximum absolute atomic E-state index is 9.51. The van der Waals surface area contributed by atoms with Crippen molar-refractivity contribution in [2.24, 2.45) is 0 Å². The Labute approximate surface area is 328 Å². The van der Waals surface area contributed by atoms with Gasteiger partial charge < -0.3 is 0 Å². The predicted molar refractivity (Wildman–Crippen MR) is 225 cm³/mol. The average Bonchev–Trinajstić information content (AvgIpc) is 3.55. The Morgan fingerprint density at radius 2 is 0.964 bits per heavy atom. The van der Waals surface area contributed by atoms with Gasteiger partial charge in [0.1, 0.15) is 0 Å². The molecule has 1 aliphatic heterocycles. The molecule has 8 aromatic carbocycles. The van der Waals surface area contributed by atoms with Gasteiger partial charge in [-0.15, -0.1) is 0 Å². The lowest BCUT2D eigenvalue weighted by Crippen LogP contribution is -2.32. The van der Waals surface area contributed by atoms with Crippen molar-refractivity contribution in [1.29, 1.82) is 5.26 Å². The summed E-state index contributed by atoms with van der Waals surface area (Å²) in [5, 5.41) is 11.7. The number of hydrogen-bond acceptors (Lipinski definition) is 5. The molecule has 11 rings (SSSR count). The summed E-state index contributed by atoms with van der Waals surface area (Å²) in [5.41, 5.74) is 12.4. The second-order valence-electron chi connectivity index (χ2n) is 14.3. The summed E-state index contributed by atoms with van der Waals surface area (Å²) in [7, 11) is 0. The number of benzene rings is 8. The lowest BCUT2D eigenvalue weighted by atomic mass is 9.67. The molecular weight excluding hydrogens is 701 g/mol. The molecular formula is C51H30N4S. The SMILES string of the molecule is N#Cc1ccc(-c2ccc3c(c2)C2(c4ccccc4Sc4ccccc42)c2cc(-c4nc(-c5ccccc5)nc(-c5cccc6ccccc56)n4)ccc2-3)cc1. The van der Waals surface area contributed by atoms with E-state index in [2.05, 4.69) is 146 Å². The summed E-state index contributed by atoms with van der Waals surface area (Å²) in [4.78, 5) is 18.0. The van der Waals surface area contributed by atoms with Crippen LogP contribution in [0.1, 0.15) is 27.8 Å². The third-order valence-electron chi connectivity index (χ3n) is 11.2. The van der Waals surface area contributed by atoms with E-state index in [9.17, 15) is 5.26 Å². The van der Waals surface area contributed by atoms with Gasteiger partial charge in [0.2, 0.25) is 0 Å².